The van der Waals surface area contributed by atoms with Crippen LogP contribution in [-0.4, -0.2) is 0 Å². The molecule has 0 aliphatic rings. The lowest BCUT2D eigenvalue weighted by Crippen LogP contribution is -2.04. The zero-order valence-electron chi connectivity index (χ0n) is 11.1. The molecule has 2 aromatic rings. The average Bonchev–Trinajstić information content (AvgIpc) is 2.33. The summed E-state index contributed by atoms with van der Waals surface area (Å²) in [7, 11) is 0. The largest absolute Gasteiger partial charge is 0.218 e. The number of hydrogen-bond acceptors (Lipinski definition) is 0. The molecule has 0 atom stereocenters. The summed E-state index contributed by atoms with van der Waals surface area (Å²) in [6.45, 7) is 0. The molecule has 0 fully saturated rings. The number of halogens is 10. The number of alkyl halides is 6. The number of benzene rings is 2. The molecule has 0 bridgehead atoms. The van der Waals surface area contributed by atoms with Crippen molar-refractivity contribution >= 4 is 116 Å². The normalized spacial score (nSPS) is 12.6. The van der Waals surface area contributed by atoms with Gasteiger partial charge < -0.3 is 0 Å². The molecule has 130 valence electrons. The maximum atomic E-state index is 6.19. The highest BCUT2D eigenvalue weighted by Crippen LogP contribution is 2.49. The van der Waals surface area contributed by atoms with E-state index in [-0.39, 0.29) is 31.2 Å². The highest BCUT2D eigenvalue weighted by Gasteiger charge is 2.31. The van der Waals surface area contributed by atoms with Crippen LogP contribution in [0.2, 0.25) is 20.1 Å². The van der Waals surface area contributed by atoms with Crippen LogP contribution in [0.15, 0.2) is 24.3 Å². The Kier molecular flexibility index (Phi) is 6.99. The van der Waals surface area contributed by atoms with Crippen molar-refractivity contribution in [3.05, 3.63) is 55.5 Å². The van der Waals surface area contributed by atoms with Gasteiger partial charge in [-0.1, -0.05) is 116 Å². The van der Waals surface area contributed by atoms with Gasteiger partial charge in [-0.05, 0) is 35.4 Å². The predicted molar refractivity (Wildman–Crippen MR) is 110 cm³/mol. The molecule has 0 unspecified atom stereocenters. The van der Waals surface area contributed by atoms with E-state index in [1.165, 1.54) is 0 Å². The molecule has 0 aliphatic carbocycles. The summed E-state index contributed by atoms with van der Waals surface area (Å²) >= 11 is 59.9. The molecule has 0 nitrogen and oxygen atoms in total. The van der Waals surface area contributed by atoms with Crippen LogP contribution in [0, 0.1) is 0 Å². The van der Waals surface area contributed by atoms with Crippen LogP contribution in [0.25, 0.3) is 11.1 Å². The lowest BCUT2D eigenvalue weighted by atomic mass is 10.0. The fourth-order valence-electron chi connectivity index (χ4n) is 2.02. The highest BCUT2D eigenvalue weighted by atomic mass is 35.6. The molecule has 0 aliphatic heterocycles. The van der Waals surface area contributed by atoms with Crippen molar-refractivity contribution in [3.8, 4) is 11.1 Å². The lowest BCUT2D eigenvalue weighted by molar-refractivity contribution is 1.24. The van der Waals surface area contributed by atoms with Gasteiger partial charge in [0.15, 0.2) is 0 Å². The Hall–Kier alpha value is 1.34. The van der Waals surface area contributed by atoms with E-state index in [0.717, 1.165) is 0 Å². The maximum absolute atomic E-state index is 6.19. The van der Waals surface area contributed by atoms with E-state index >= 15 is 0 Å². The van der Waals surface area contributed by atoms with E-state index in [1.807, 2.05) is 0 Å². The average molecular weight is 527 g/mol. The summed E-state index contributed by atoms with van der Waals surface area (Å²) in [5.74, 6) is 0. The topological polar surface area (TPSA) is 0 Å². The molecule has 0 saturated heterocycles. The summed E-state index contributed by atoms with van der Waals surface area (Å²) in [5.41, 5.74) is 1.55. The molecule has 0 spiro atoms. The van der Waals surface area contributed by atoms with Gasteiger partial charge in [-0.2, -0.15) is 0 Å². The first-order valence-electron chi connectivity index (χ1n) is 5.95. The molecule has 0 heterocycles. The van der Waals surface area contributed by atoms with Gasteiger partial charge in [-0.3, -0.25) is 0 Å². The van der Waals surface area contributed by atoms with Crippen LogP contribution in [0.3, 0.4) is 0 Å². The molecule has 0 radical (unpaired) electrons. The van der Waals surface area contributed by atoms with E-state index in [1.54, 1.807) is 24.3 Å². The van der Waals surface area contributed by atoms with Crippen molar-refractivity contribution in [2.75, 3.05) is 0 Å². The second kappa shape index (κ2) is 7.76. The van der Waals surface area contributed by atoms with Crippen molar-refractivity contribution < 1.29 is 0 Å². The Morgan fingerprint density at radius 1 is 0.458 bits per heavy atom. The van der Waals surface area contributed by atoms with Gasteiger partial charge in [0.05, 0.1) is 20.1 Å². The van der Waals surface area contributed by atoms with Crippen LogP contribution < -0.4 is 0 Å². The van der Waals surface area contributed by atoms with E-state index in [4.69, 9.17) is 116 Å². The lowest BCUT2D eigenvalue weighted by Gasteiger charge is -2.19. The second-order valence-electron chi connectivity index (χ2n) is 4.63. The Balaban J connectivity index is 2.63. The fraction of sp³-hybridized carbons (Fsp3) is 0.143. The molecule has 10 heteroatoms. The number of hydrogen-bond donors (Lipinski definition) is 0. The molecule has 24 heavy (non-hydrogen) atoms. The Bertz CT molecular complexity index is 672. The molecule has 0 aromatic heterocycles. The molecule has 2 rings (SSSR count). The zero-order valence-corrected chi connectivity index (χ0v) is 18.6. The quantitative estimate of drug-likeness (QED) is 0.325. The number of rotatable bonds is 1. The minimum Gasteiger partial charge on any atom is -0.0838 e. The first kappa shape index (κ1) is 21.6. The SMILES string of the molecule is Clc1cc(-c2cc(Cl)c(C(Cl)(Cl)Cl)c(Cl)c2)cc(Cl)c1C(Cl)(Cl)Cl. The van der Waals surface area contributed by atoms with Gasteiger partial charge in [-0.15, -0.1) is 0 Å². The van der Waals surface area contributed by atoms with E-state index in [0.29, 0.717) is 11.1 Å². The third-order valence-corrected chi connectivity index (χ3v) is 5.31. The summed E-state index contributed by atoms with van der Waals surface area (Å²) in [5, 5.41) is 0.704. The zero-order chi connectivity index (χ0) is 18.4. The minimum atomic E-state index is -1.76. The summed E-state index contributed by atoms with van der Waals surface area (Å²) in [6, 6.07) is 6.28. The van der Waals surface area contributed by atoms with E-state index in [9.17, 15) is 0 Å². The third-order valence-electron chi connectivity index (χ3n) is 2.98. The van der Waals surface area contributed by atoms with Crippen LogP contribution in [-0.2, 0) is 7.59 Å². The highest BCUT2D eigenvalue weighted by molar-refractivity contribution is 6.68. The molecule has 0 saturated carbocycles. The minimum absolute atomic E-state index is 0.176. The van der Waals surface area contributed by atoms with Crippen molar-refractivity contribution in [1.82, 2.24) is 0 Å². The standard InChI is InChI=1S/C14H4Cl10/c15-7-1-5(2-8(16)11(7)13(19,20)21)6-3-9(17)12(10(18)4-6)14(22,23)24/h1-4H. The van der Waals surface area contributed by atoms with E-state index < -0.39 is 7.59 Å². The van der Waals surface area contributed by atoms with Gasteiger partial charge >= 0.3 is 0 Å². The monoisotopic (exact) mass is 522 g/mol. The molecular formula is C14H4Cl10. The van der Waals surface area contributed by atoms with Gasteiger partial charge in [0.25, 0.3) is 0 Å². The summed E-state index contributed by atoms with van der Waals surface area (Å²) in [6.07, 6.45) is 0. The van der Waals surface area contributed by atoms with Crippen LogP contribution >= 0.6 is 116 Å². The Morgan fingerprint density at radius 3 is 0.833 bits per heavy atom. The smallest absolute Gasteiger partial charge is 0.0838 e. The summed E-state index contributed by atoms with van der Waals surface area (Å²) in [4.78, 5) is 0. The van der Waals surface area contributed by atoms with Crippen molar-refractivity contribution in [2.45, 2.75) is 7.59 Å². The molecule has 0 amide bonds. The first-order valence-corrected chi connectivity index (χ1v) is 9.73. The van der Waals surface area contributed by atoms with Gasteiger partial charge in [0, 0.05) is 11.1 Å². The summed E-state index contributed by atoms with van der Waals surface area (Å²) < 4.78 is -3.53. The van der Waals surface area contributed by atoms with E-state index in [2.05, 4.69) is 0 Å². The van der Waals surface area contributed by atoms with Gasteiger partial charge in [-0.25, -0.2) is 0 Å². The molecule has 2 aromatic carbocycles. The molecular weight excluding hydrogens is 523 g/mol. The van der Waals surface area contributed by atoms with Crippen LogP contribution in [0.4, 0.5) is 0 Å². The first-order chi connectivity index (χ1) is 10.8. The van der Waals surface area contributed by atoms with Crippen molar-refractivity contribution in [1.29, 1.82) is 0 Å². The maximum Gasteiger partial charge on any atom is 0.218 e. The third kappa shape index (κ3) is 4.78. The fourth-order valence-corrected chi connectivity index (χ4v) is 5.36. The van der Waals surface area contributed by atoms with Crippen LogP contribution in [0.5, 0.6) is 0 Å². The van der Waals surface area contributed by atoms with Gasteiger partial charge in [0.2, 0.25) is 7.59 Å². The van der Waals surface area contributed by atoms with Crippen LogP contribution in [0.1, 0.15) is 11.1 Å². The van der Waals surface area contributed by atoms with Crippen molar-refractivity contribution in [3.63, 3.8) is 0 Å². The van der Waals surface area contributed by atoms with Gasteiger partial charge in [0.1, 0.15) is 0 Å². The van der Waals surface area contributed by atoms with Crippen molar-refractivity contribution in [2.24, 2.45) is 0 Å². The Labute approximate surface area is 188 Å². The Morgan fingerprint density at radius 2 is 0.667 bits per heavy atom. The molecule has 0 N–H and O–H groups in total. The second-order valence-corrected chi connectivity index (χ2v) is 10.8. The predicted octanol–water partition coefficient (Wildman–Crippen LogP) is 9.62.